The Labute approximate surface area is 350 Å². The van der Waals surface area contributed by atoms with Crippen molar-refractivity contribution in [1.29, 1.82) is 0 Å². The van der Waals surface area contributed by atoms with Gasteiger partial charge in [0.1, 0.15) is 5.82 Å². The third-order valence-corrected chi connectivity index (χ3v) is 11.5. The smallest absolute Gasteiger partial charge is 0.503 e. The summed E-state index contributed by atoms with van der Waals surface area (Å²) in [5, 5.41) is 5.31. The Morgan fingerprint density at radius 2 is 1.16 bits per heavy atom. The van der Waals surface area contributed by atoms with Crippen molar-refractivity contribution in [2.45, 2.75) is 27.7 Å². The van der Waals surface area contributed by atoms with Crippen molar-refractivity contribution in [2.75, 3.05) is 0 Å². The second kappa shape index (κ2) is 13.8. The molecule has 5 nitrogen and oxygen atoms in total. The molecule has 0 N–H and O–H groups in total. The van der Waals surface area contributed by atoms with Crippen molar-refractivity contribution in [1.82, 2.24) is 18.9 Å². The second-order valence-corrected chi connectivity index (χ2v) is 15.0. The van der Waals surface area contributed by atoms with Crippen LogP contribution in [0, 0.1) is 39.8 Å². The van der Waals surface area contributed by atoms with Gasteiger partial charge in [0, 0.05) is 34.3 Å². The van der Waals surface area contributed by atoms with E-state index < -0.39 is 0 Å². The Bertz CT molecular complexity index is 3390. The van der Waals surface area contributed by atoms with Crippen LogP contribution >= 0.6 is 0 Å². The molecule has 280 valence electrons. The third-order valence-electron chi connectivity index (χ3n) is 11.5. The fraction of sp³-hybridized carbons (Fsp3) is 0.0769. The predicted molar refractivity (Wildman–Crippen MR) is 234 cm³/mol. The Morgan fingerprint density at radius 3 is 1.90 bits per heavy atom. The molecule has 0 amide bonds. The minimum Gasteiger partial charge on any atom is -0.503 e. The largest absolute Gasteiger partial charge is 2.00 e. The second-order valence-electron chi connectivity index (χ2n) is 15.0. The zero-order chi connectivity index (χ0) is 38.4. The molecule has 0 bridgehead atoms. The summed E-state index contributed by atoms with van der Waals surface area (Å²) in [6.45, 7) is 8.88. The minimum atomic E-state index is 0. The number of nitrogens with zero attached hydrogens (tertiary/aromatic N) is 4. The Hall–Kier alpha value is -6.55. The molecule has 0 fully saturated rings. The molecule has 4 heterocycles. The summed E-state index contributed by atoms with van der Waals surface area (Å²) < 4.78 is 11.2. The summed E-state index contributed by atoms with van der Waals surface area (Å²) >= 11 is 0. The van der Waals surface area contributed by atoms with Crippen LogP contribution in [0.4, 0.5) is 0 Å². The van der Waals surface area contributed by atoms with Gasteiger partial charge in [0.2, 0.25) is 0 Å². The Morgan fingerprint density at radius 1 is 0.517 bits per heavy atom. The maximum absolute atomic E-state index is 6.66. The molecule has 0 radical (unpaired) electrons. The molecule has 0 saturated heterocycles. The summed E-state index contributed by atoms with van der Waals surface area (Å²) in [6.07, 6.45) is 1.82. The summed E-state index contributed by atoms with van der Waals surface area (Å²) in [5.41, 5.74) is 15.8. The molecule has 0 aliphatic heterocycles. The molecule has 0 aliphatic carbocycles. The number of hydrogen-bond donors (Lipinski definition) is 0. The van der Waals surface area contributed by atoms with Gasteiger partial charge in [-0.15, -0.1) is 29.7 Å². The summed E-state index contributed by atoms with van der Waals surface area (Å²) in [5.74, 6) is 2.02. The molecule has 11 aromatic rings. The quantitative estimate of drug-likeness (QED) is 0.128. The van der Waals surface area contributed by atoms with E-state index in [1.807, 2.05) is 36.5 Å². The molecule has 58 heavy (non-hydrogen) atoms. The molecular weight excluding hydrogens is 892 g/mol. The van der Waals surface area contributed by atoms with Crippen LogP contribution in [0.5, 0.6) is 11.5 Å². The van der Waals surface area contributed by atoms with Gasteiger partial charge in [-0.3, -0.25) is 4.98 Å². The van der Waals surface area contributed by atoms with Crippen molar-refractivity contribution < 1.29 is 25.8 Å². The van der Waals surface area contributed by atoms with Crippen LogP contribution in [-0.2, 0) is 21.1 Å². The van der Waals surface area contributed by atoms with Crippen molar-refractivity contribution in [3.63, 3.8) is 0 Å². The van der Waals surface area contributed by atoms with Gasteiger partial charge in [-0.25, -0.2) is 4.98 Å². The number of ether oxygens (including phenoxy) is 1. The number of para-hydroxylation sites is 3. The normalized spacial score (nSPS) is 11.7. The van der Waals surface area contributed by atoms with Crippen LogP contribution in [0.1, 0.15) is 22.3 Å². The molecule has 0 atom stereocenters. The van der Waals surface area contributed by atoms with Crippen molar-refractivity contribution in [3.05, 3.63) is 180 Å². The van der Waals surface area contributed by atoms with E-state index in [1.165, 1.54) is 44.5 Å². The van der Waals surface area contributed by atoms with Gasteiger partial charge in [0.05, 0.1) is 16.7 Å². The molecular formula is C52H36N4OPt. The van der Waals surface area contributed by atoms with Crippen LogP contribution in [0.15, 0.2) is 146 Å². The van der Waals surface area contributed by atoms with Crippen LogP contribution in [0.3, 0.4) is 0 Å². The molecule has 4 aromatic heterocycles. The van der Waals surface area contributed by atoms with Crippen LogP contribution in [-0.4, -0.2) is 18.9 Å². The first-order chi connectivity index (χ1) is 27.9. The Balaban J connectivity index is 0.00000408. The molecule has 11 rings (SSSR count). The first kappa shape index (κ1) is 35.8. The molecule has 0 aliphatic rings. The van der Waals surface area contributed by atoms with Gasteiger partial charge >= 0.3 is 21.1 Å². The average Bonchev–Trinajstić information content (AvgIpc) is 3.78. The molecule has 0 saturated carbocycles. The van der Waals surface area contributed by atoms with E-state index in [9.17, 15) is 0 Å². The number of pyridine rings is 2. The number of imidazole rings is 1. The zero-order valence-electron chi connectivity index (χ0n) is 32.4. The van der Waals surface area contributed by atoms with E-state index in [0.717, 1.165) is 66.0 Å². The number of aryl methyl sites for hydroxylation is 4. The maximum atomic E-state index is 6.66. The van der Waals surface area contributed by atoms with Crippen LogP contribution in [0.25, 0.3) is 88.2 Å². The zero-order valence-corrected chi connectivity index (χ0v) is 34.6. The molecule has 7 aromatic carbocycles. The topological polar surface area (TPSA) is 44.3 Å². The number of hydrogen-bond acceptors (Lipinski definition) is 3. The van der Waals surface area contributed by atoms with Gasteiger partial charge in [-0.05, 0) is 108 Å². The number of benzene rings is 7. The van der Waals surface area contributed by atoms with Crippen molar-refractivity contribution in [3.8, 4) is 39.6 Å². The fourth-order valence-corrected chi connectivity index (χ4v) is 9.08. The summed E-state index contributed by atoms with van der Waals surface area (Å²) in [4.78, 5) is 10.0. The van der Waals surface area contributed by atoms with Crippen molar-refractivity contribution in [2.24, 2.45) is 0 Å². The SMILES string of the molecule is Cc1cccc(C)c1-c1ccc2c3ccc(Oc4[c-]c5c(cc4)c4ccccc4n5-c4ccccn4)[c-]c3c3nc4ccccc4n3c2c1-c1c(C)cccc1C.[Pt+2]. The van der Waals surface area contributed by atoms with E-state index in [0.29, 0.717) is 11.5 Å². The number of aromatic nitrogens is 4. The maximum Gasteiger partial charge on any atom is 2.00 e. The number of rotatable bonds is 5. The Kier molecular flexibility index (Phi) is 8.54. The van der Waals surface area contributed by atoms with Crippen LogP contribution < -0.4 is 4.74 Å². The molecule has 6 heteroatoms. The molecule has 0 spiro atoms. The number of fused-ring (bicyclic) bond motifs is 11. The standard InChI is InChI=1S/C52H36N4O.Pt/c1-31-13-11-14-32(2)48(31)41-27-26-40-37-24-22-35(57-36-23-25-39-38-17-5-7-19-44(38)55(46(39)30-36)47-21-9-10-28-53-47)29-42(37)52-54-43-18-6-8-20-45(43)56(52)51(40)50(41)49-33(3)15-12-16-34(49)4;/h5-28H,1-4H3;/q-2;+2. The first-order valence-corrected chi connectivity index (χ1v) is 19.3. The third kappa shape index (κ3) is 5.41. The van der Waals surface area contributed by atoms with E-state index in [1.54, 1.807) is 0 Å². The monoisotopic (exact) mass is 927 g/mol. The van der Waals surface area contributed by atoms with E-state index in [2.05, 4.69) is 158 Å². The van der Waals surface area contributed by atoms with E-state index in [-0.39, 0.29) is 21.1 Å². The first-order valence-electron chi connectivity index (χ1n) is 19.3. The minimum absolute atomic E-state index is 0. The molecule has 0 unspecified atom stereocenters. The summed E-state index contributed by atoms with van der Waals surface area (Å²) in [7, 11) is 0. The fourth-order valence-electron chi connectivity index (χ4n) is 9.08. The average molecular weight is 928 g/mol. The van der Waals surface area contributed by atoms with E-state index >= 15 is 0 Å². The van der Waals surface area contributed by atoms with Gasteiger partial charge in [0.15, 0.2) is 0 Å². The van der Waals surface area contributed by atoms with E-state index in [4.69, 9.17) is 14.7 Å². The van der Waals surface area contributed by atoms with Gasteiger partial charge in [-0.1, -0.05) is 107 Å². The van der Waals surface area contributed by atoms with Crippen molar-refractivity contribution >= 4 is 60.2 Å². The van der Waals surface area contributed by atoms with Crippen LogP contribution in [0.2, 0.25) is 0 Å². The van der Waals surface area contributed by atoms with Gasteiger partial charge in [0.25, 0.3) is 0 Å². The van der Waals surface area contributed by atoms with Gasteiger partial charge < -0.3 is 13.7 Å². The van der Waals surface area contributed by atoms with Gasteiger partial charge in [-0.2, -0.15) is 6.07 Å². The predicted octanol–water partition coefficient (Wildman–Crippen LogP) is 13.2. The summed E-state index contributed by atoms with van der Waals surface area (Å²) in [6, 6.07) is 56.1.